The molecule has 1 nitrogen and oxygen atoms in total. The molecule has 0 amide bonds. The van der Waals surface area contributed by atoms with E-state index in [-0.39, 0.29) is 0 Å². The van der Waals surface area contributed by atoms with Gasteiger partial charge < -0.3 is 0 Å². The largest absolute Gasteiger partial charge is 0.296 e. The SMILES string of the molecule is Brc1ccc2c(c1)CCC2N1CCCCC1. The predicted octanol–water partition coefficient (Wildman–Crippen LogP) is 3.92. The van der Waals surface area contributed by atoms with E-state index in [2.05, 4.69) is 39.0 Å². The maximum Gasteiger partial charge on any atom is 0.0354 e. The molecule has 1 fully saturated rings. The van der Waals surface area contributed by atoms with E-state index >= 15 is 0 Å². The van der Waals surface area contributed by atoms with Crippen LogP contribution in [0, 0.1) is 0 Å². The van der Waals surface area contributed by atoms with E-state index in [0.717, 1.165) is 0 Å². The third kappa shape index (κ3) is 1.93. The molecule has 0 N–H and O–H groups in total. The zero-order chi connectivity index (χ0) is 11.0. The van der Waals surface area contributed by atoms with Crippen molar-refractivity contribution in [1.82, 2.24) is 4.90 Å². The van der Waals surface area contributed by atoms with Crippen LogP contribution in [0.3, 0.4) is 0 Å². The van der Waals surface area contributed by atoms with Crippen molar-refractivity contribution in [3.05, 3.63) is 33.8 Å². The number of hydrogen-bond acceptors (Lipinski definition) is 1. The van der Waals surface area contributed by atoms with Gasteiger partial charge in [0.25, 0.3) is 0 Å². The fourth-order valence-corrected chi connectivity index (χ4v) is 3.58. The molecule has 1 aromatic rings. The Bertz CT molecular complexity index is 382. The molecule has 3 rings (SSSR count). The second kappa shape index (κ2) is 4.50. The smallest absolute Gasteiger partial charge is 0.0354 e. The first-order valence-electron chi connectivity index (χ1n) is 6.37. The highest BCUT2D eigenvalue weighted by Gasteiger charge is 2.28. The molecule has 1 unspecified atom stereocenters. The summed E-state index contributed by atoms with van der Waals surface area (Å²) < 4.78 is 1.23. The van der Waals surface area contributed by atoms with Crippen molar-refractivity contribution in [2.24, 2.45) is 0 Å². The number of halogens is 1. The highest BCUT2D eigenvalue weighted by atomic mass is 79.9. The number of piperidine rings is 1. The zero-order valence-electron chi connectivity index (χ0n) is 9.58. The van der Waals surface area contributed by atoms with Crippen LogP contribution >= 0.6 is 15.9 Å². The molecule has 1 atom stereocenters. The highest BCUT2D eigenvalue weighted by molar-refractivity contribution is 9.10. The average molecular weight is 280 g/mol. The number of rotatable bonds is 1. The third-order valence-electron chi connectivity index (χ3n) is 3.98. The Morgan fingerprint density at radius 1 is 1.12 bits per heavy atom. The van der Waals surface area contributed by atoms with Gasteiger partial charge in [0.2, 0.25) is 0 Å². The molecule has 1 aliphatic heterocycles. The van der Waals surface area contributed by atoms with E-state index in [1.54, 1.807) is 11.1 Å². The molecule has 0 radical (unpaired) electrons. The molecule has 0 saturated carbocycles. The summed E-state index contributed by atoms with van der Waals surface area (Å²) in [6.07, 6.45) is 6.79. The number of likely N-dealkylation sites (tertiary alicyclic amines) is 1. The van der Waals surface area contributed by atoms with E-state index in [1.165, 1.54) is 49.7 Å². The Balaban J connectivity index is 1.84. The lowest BCUT2D eigenvalue weighted by Crippen LogP contribution is -2.32. The molecule has 16 heavy (non-hydrogen) atoms. The molecule has 86 valence electrons. The Labute approximate surface area is 106 Å². The van der Waals surface area contributed by atoms with Crippen molar-refractivity contribution in [3.63, 3.8) is 0 Å². The van der Waals surface area contributed by atoms with Gasteiger partial charge in [-0.3, -0.25) is 4.90 Å². The number of hydrogen-bond donors (Lipinski definition) is 0. The van der Waals surface area contributed by atoms with Crippen LogP contribution < -0.4 is 0 Å². The number of fused-ring (bicyclic) bond motifs is 1. The van der Waals surface area contributed by atoms with Crippen LogP contribution in [0.25, 0.3) is 0 Å². The fourth-order valence-electron chi connectivity index (χ4n) is 3.17. The maximum absolute atomic E-state index is 3.57. The van der Waals surface area contributed by atoms with Crippen LogP contribution in [0.4, 0.5) is 0 Å². The minimum absolute atomic E-state index is 0.711. The summed E-state index contributed by atoms with van der Waals surface area (Å²) in [5.74, 6) is 0. The number of nitrogens with zero attached hydrogens (tertiary/aromatic N) is 1. The van der Waals surface area contributed by atoms with E-state index in [1.807, 2.05) is 0 Å². The van der Waals surface area contributed by atoms with Crippen LogP contribution in [0.2, 0.25) is 0 Å². The monoisotopic (exact) mass is 279 g/mol. The van der Waals surface area contributed by atoms with Crippen molar-refractivity contribution >= 4 is 15.9 Å². The molecule has 0 spiro atoms. The molecule has 2 aliphatic rings. The molecule has 1 aromatic carbocycles. The van der Waals surface area contributed by atoms with E-state index in [9.17, 15) is 0 Å². The maximum atomic E-state index is 3.57. The van der Waals surface area contributed by atoms with Crippen LogP contribution in [0.5, 0.6) is 0 Å². The zero-order valence-corrected chi connectivity index (χ0v) is 11.2. The lowest BCUT2D eigenvalue weighted by Gasteiger charge is -2.32. The quantitative estimate of drug-likeness (QED) is 0.753. The van der Waals surface area contributed by atoms with E-state index in [0.29, 0.717) is 6.04 Å². The van der Waals surface area contributed by atoms with Gasteiger partial charge in [0, 0.05) is 10.5 Å². The first kappa shape index (κ1) is 10.8. The standard InChI is InChI=1S/C14H18BrN/c15-12-5-6-13-11(10-12)4-7-14(13)16-8-2-1-3-9-16/h5-6,10,14H,1-4,7-9H2. The fraction of sp³-hybridized carbons (Fsp3) is 0.571. The number of aryl methyl sites for hydroxylation is 1. The second-order valence-electron chi connectivity index (χ2n) is 4.99. The van der Waals surface area contributed by atoms with Crippen molar-refractivity contribution in [3.8, 4) is 0 Å². The van der Waals surface area contributed by atoms with Gasteiger partial charge in [-0.25, -0.2) is 0 Å². The van der Waals surface area contributed by atoms with Gasteiger partial charge in [0.05, 0.1) is 0 Å². The average Bonchev–Trinajstić information content (AvgIpc) is 2.73. The first-order valence-corrected chi connectivity index (χ1v) is 7.16. The van der Waals surface area contributed by atoms with Gasteiger partial charge >= 0.3 is 0 Å². The normalized spacial score (nSPS) is 25.7. The van der Waals surface area contributed by atoms with Crippen LogP contribution in [0.15, 0.2) is 22.7 Å². The minimum Gasteiger partial charge on any atom is -0.296 e. The molecular weight excluding hydrogens is 262 g/mol. The lowest BCUT2D eigenvalue weighted by atomic mass is 10.0. The summed E-state index contributed by atoms with van der Waals surface area (Å²) >= 11 is 3.57. The summed E-state index contributed by atoms with van der Waals surface area (Å²) in [6.45, 7) is 2.61. The molecule has 0 aromatic heterocycles. The van der Waals surface area contributed by atoms with E-state index in [4.69, 9.17) is 0 Å². The molecule has 1 aliphatic carbocycles. The van der Waals surface area contributed by atoms with Crippen LogP contribution in [-0.4, -0.2) is 18.0 Å². The van der Waals surface area contributed by atoms with Gasteiger partial charge in [0.1, 0.15) is 0 Å². The molecule has 2 heteroatoms. The topological polar surface area (TPSA) is 3.24 Å². The Hall–Kier alpha value is -0.340. The van der Waals surface area contributed by atoms with Crippen molar-refractivity contribution in [1.29, 1.82) is 0 Å². The van der Waals surface area contributed by atoms with Gasteiger partial charge in [-0.15, -0.1) is 0 Å². The van der Waals surface area contributed by atoms with Gasteiger partial charge in [0.15, 0.2) is 0 Å². The van der Waals surface area contributed by atoms with Crippen molar-refractivity contribution in [2.75, 3.05) is 13.1 Å². The van der Waals surface area contributed by atoms with Crippen molar-refractivity contribution < 1.29 is 0 Å². The third-order valence-corrected chi connectivity index (χ3v) is 4.48. The molecule has 1 saturated heterocycles. The molecule has 0 bridgehead atoms. The summed E-state index contributed by atoms with van der Waals surface area (Å²) in [5.41, 5.74) is 3.15. The Morgan fingerprint density at radius 2 is 1.94 bits per heavy atom. The highest BCUT2D eigenvalue weighted by Crippen LogP contribution is 2.38. The van der Waals surface area contributed by atoms with Gasteiger partial charge in [-0.1, -0.05) is 28.4 Å². The Kier molecular flexibility index (Phi) is 3.03. The molecular formula is C14H18BrN. The minimum atomic E-state index is 0.711. The van der Waals surface area contributed by atoms with Gasteiger partial charge in [-0.2, -0.15) is 0 Å². The second-order valence-corrected chi connectivity index (χ2v) is 5.91. The summed E-state index contributed by atoms with van der Waals surface area (Å²) in [5, 5.41) is 0. The summed E-state index contributed by atoms with van der Waals surface area (Å²) in [4.78, 5) is 2.70. The summed E-state index contributed by atoms with van der Waals surface area (Å²) in [6, 6.07) is 7.54. The lowest BCUT2D eigenvalue weighted by molar-refractivity contribution is 0.163. The van der Waals surface area contributed by atoms with Crippen LogP contribution in [0.1, 0.15) is 42.9 Å². The molecule has 1 heterocycles. The van der Waals surface area contributed by atoms with Crippen molar-refractivity contribution in [2.45, 2.75) is 38.1 Å². The van der Waals surface area contributed by atoms with Crippen LogP contribution in [-0.2, 0) is 6.42 Å². The van der Waals surface area contributed by atoms with E-state index < -0.39 is 0 Å². The predicted molar refractivity (Wildman–Crippen MR) is 70.6 cm³/mol. The number of benzene rings is 1. The van der Waals surface area contributed by atoms with Gasteiger partial charge in [-0.05, 0) is 62.0 Å². The summed E-state index contributed by atoms with van der Waals surface area (Å²) in [7, 11) is 0. The first-order chi connectivity index (χ1) is 7.84. The Morgan fingerprint density at radius 3 is 2.75 bits per heavy atom.